The van der Waals surface area contributed by atoms with Crippen LogP contribution in [0.4, 0.5) is 0 Å². The predicted molar refractivity (Wildman–Crippen MR) is 324 cm³/mol. The lowest BCUT2D eigenvalue weighted by molar-refractivity contribution is -0.143. The van der Waals surface area contributed by atoms with Gasteiger partial charge in [-0.3, -0.25) is 9.59 Å². The molecule has 0 aromatic heterocycles. The standard InChI is InChI=1S/C68H135NO5/c1-3-5-7-9-11-13-15-17-19-21-24-28-32-36-40-44-48-52-56-60-66(71)65(64-70)69-67(72)61-57-53-49-45-41-37-33-29-26-23-27-31-35-39-43-47-51-55-59-63-74-68(73)62-58-54-50-46-42-38-34-30-25-22-20-18-16-14-12-10-8-6-4-2/h65-66,70-71H,3-64H2,1-2H3,(H,69,72). The van der Waals surface area contributed by atoms with Crippen molar-refractivity contribution in [3.05, 3.63) is 0 Å². The second-order valence-corrected chi connectivity index (χ2v) is 23.9. The summed E-state index contributed by atoms with van der Waals surface area (Å²) in [7, 11) is 0. The first-order valence-electron chi connectivity index (χ1n) is 34.3. The Morgan fingerprint density at radius 3 is 0.824 bits per heavy atom. The average Bonchev–Trinajstić information content (AvgIpc) is 3.40. The molecular formula is C68H135NO5. The molecule has 0 rings (SSSR count). The highest BCUT2D eigenvalue weighted by atomic mass is 16.5. The van der Waals surface area contributed by atoms with E-state index in [1.54, 1.807) is 0 Å². The minimum absolute atomic E-state index is 0.0154. The predicted octanol–water partition coefficient (Wildman–Crippen LogP) is 21.8. The maximum Gasteiger partial charge on any atom is 0.305 e. The Morgan fingerprint density at radius 2 is 0.554 bits per heavy atom. The summed E-state index contributed by atoms with van der Waals surface area (Å²) < 4.78 is 5.51. The molecule has 1 amide bonds. The molecule has 0 radical (unpaired) electrons. The third-order valence-corrected chi connectivity index (χ3v) is 16.4. The minimum atomic E-state index is -0.666. The quantitative estimate of drug-likeness (QED) is 0.0417. The van der Waals surface area contributed by atoms with Crippen LogP contribution >= 0.6 is 0 Å². The molecule has 442 valence electrons. The second-order valence-electron chi connectivity index (χ2n) is 23.9. The third kappa shape index (κ3) is 60.1. The number of carbonyl (C=O) groups is 2. The molecule has 0 spiro atoms. The molecule has 0 saturated heterocycles. The Balaban J connectivity index is 3.36. The van der Waals surface area contributed by atoms with E-state index in [1.807, 2.05) is 0 Å². The van der Waals surface area contributed by atoms with Crippen LogP contribution in [0.15, 0.2) is 0 Å². The zero-order chi connectivity index (χ0) is 53.6. The summed E-state index contributed by atoms with van der Waals surface area (Å²) in [6.45, 7) is 5.00. The summed E-state index contributed by atoms with van der Waals surface area (Å²) in [4.78, 5) is 24.6. The van der Waals surface area contributed by atoms with Gasteiger partial charge in [0.05, 0.1) is 25.4 Å². The van der Waals surface area contributed by atoms with Crippen LogP contribution in [0, 0.1) is 0 Å². The van der Waals surface area contributed by atoms with Gasteiger partial charge in [-0.2, -0.15) is 0 Å². The number of unbranched alkanes of at least 4 members (excludes halogenated alkanes) is 54. The lowest BCUT2D eigenvalue weighted by Gasteiger charge is -2.22. The lowest BCUT2D eigenvalue weighted by Crippen LogP contribution is -2.45. The molecule has 0 aromatic carbocycles. The van der Waals surface area contributed by atoms with E-state index in [9.17, 15) is 19.8 Å². The van der Waals surface area contributed by atoms with Gasteiger partial charge in [0.1, 0.15) is 0 Å². The molecule has 0 fully saturated rings. The molecule has 0 aliphatic rings. The molecule has 2 atom stereocenters. The maximum absolute atomic E-state index is 12.5. The number of amides is 1. The van der Waals surface area contributed by atoms with Crippen molar-refractivity contribution < 1.29 is 24.5 Å². The highest BCUT2D eigenvalue weighted by molar-refractivity contribution is 5.76. The number of hydrogen-bond donors (Lipinski definition) is 3. The summed E-state index contributed by atoms with van der Waals surface area (Å²) >= 11 is 0. The molecule has 3 N–H and O–H groups in total. The fourth-order valence-corrected chi connectivity index (χ4v) is 11.2. The number of aliphatic hydroxyl groups is 2. The number of hydrogen-bond acceptors (Lipinski definition) is 5. The van der Waals surface area contributed by atoms with Crippen molar-refractivity contribution in [1.82, 2.24) is 5.32 Å². The van der Waals surface area contributed by atoms with Crippen molar-refractivity contribution in [2.45, 2.75) is 411 Å². The summed E-state index contributed by atoms with van der Waals surface area (Å²) in [5.74, 6) is -0.0174. The summed E-state index contributed by atoms with van der Waals surface area (Å²) in [5.41, 5.74) is 0. The van der Waals surface area contributed by atoms with Gasteiger partial charge in [-0.05, 0) is 25.7 Å². The summed E-state index contributed by atoms with van der Waals surface area (Å²) in [6, 6.07) is -0.543. The fraction of sp³-hybridized carbons (Fsp3) is 0.971. The van der Waals surface area contributed by atoms with Crippen LogP contribution in [0.25, 0.3) is 0 Å². The van der Waals surface area contributed by atoms with Gasteiger partial charge in [-0.15, -0.1) is 0 Å². The molecule has 6 heteroatoms. The van der Waals surface area contributed by atoms with Crippen LogP contribution < -0.4 is 5.32 Å². The number of rotatable bonds is 65. The van der Waals surface area contributed by atoms with E-state index < -0.39 is 12.1 Å². The van der Waals surface area contributed by atoms with Gasteiger partial charge in [0.2, 0.25) is 5.91 Å². The van der Waals surface area contributed by atoms with E-state index in [4.69, 9.17) is 4.74 Å². The molecule has 0 saturated carbocycles. The Kier molecular flexibility index (Phi) is 63.4. The van der Waals surface area contributed by atoms with E-state index >= 15 is 0 Å². The van der Waals surface area contributed by atoms with Crippen molar-refractivity contribution >= 4 is 11.9 Å². The van der Waals surface area contributed by atoms with Crippen LogP contribution in [0.5, 0.6) is 0 Å². The van der Waals surface area contributed by atoms with Gasteiger partial charge in [0, 0.05) is 12.8 Å². The lowest BCUT2D eigenvalue weighted by atomic mass is 10.0. The zero-order valence-corrected chi connectivity index (χ0v) is 50.6. The third-order valence-electron chi connectivity index (χ3n) is 16.4. The number of ether oxygens (including phenoxy) is 1. The van der Waals surface area contributed by atoms with Gasteiger partial charge >= 0.3 is 5.97 Å². The molecule has 2 unspecified atom stereocenters. The Morgan fingerprint density at radius 1 is 0.324 bits per heavy atom. The van der Waals surface area contributed by atoms with Crippen molar-refractivity contribution in [3.8, 4) is 0 Å². The van der Waals surface area contributed by atoms with Crippen molar-refractivity contribution in [3.63, 3.8) is 0 Å². The van der Waals surface area contributed by atoms with Crippen LogP contribution in [-0.4, -0.2) is 47.4 Å². The average molecular weight is 1050 g/mol. The highest BCUT2D eigenvalue weighted by Crippen LogP contribution is 2.19. The SMILES string of the molecule is CCCCCCCCCCCCCCCCCCCCCC(=O)OCCCCCCCCCCCCCCCCCCCCCC(=O)NC(CO)C(O)CCCCCCCCCCCCCCCCCCCCC. The molecule has 6 nitrogen and oxygen atoms in total. The van der Waals surface area contributed by atoms with E-state index in [-0.39, 0.29) is 18.5 Å². The molecule has 0 bridgehead atoms. The smallest absolute Gasteiger partial charge is 0.305 e. The van der Waals surface area contributed by atoms with Crippen LogP contribution in [0.3, 0.4) is 0 Å². The van der Waals surface area contributed by atoms with Crippen LogP contribution in [0.2, 0.25) is 0 Å². The van der Waals surface area contributed by atoms with Crippen molar-refractivity contribution in [1.29, 1.82) is 0 Å². The second kappa shape index (κ2) is 64.4. The van der Waals surface area contributed by atoms with Gasteiger partial charge < -0.3 is 20.3 Å². The van der Waals surface area contributed by atoms with E-state index in [0.29, 0.717) is 25.9 Å². The Labute approximate surface area is 464 Å². The molecule has 0 aromatic rings. The van der Waals surface area contributed by atoms with E-state index in [2.05, 4.69) is 19.2 Å². The van der Waals surface area contributed by atoms with Gasteiger partial charge in [-0.1, -0.05) is 361 Å². The Bertz CT molecular complexity index is 1070. The topological polar surface area (TPSA) is 95.9 Å². The van der Waals surface area contributed by atoms with Crippen molar-refractivity contribution in [2.24, 2.45) is 0 Å². The van der Waals surface area contributed by atoms with E-state index in [1.165, 1.54) is 327 Å². The number of aliphatic hydroxyl groups excluding tert-OH is 2. The Hall–Kier alpha value is -1.14. The summed E-state index contributed by atoms with van der Waals surface area (Å²) in [6.07, 6.45) is 77.0. The monoisotopic (exact) mass is 1050 g/mol. The molecule has 0 heterocycles. The zero-order valence-electron chi connectivity index (χ0n) is 50.6. The van der Waals surface area contributed by atoms with Gasteiger partial charge in [0.25, 0.3) is 0 Å². The largest absolute Gasteiger partial charge is 0.466 e. The van der Waals surface area contributed by atoms with Crippen LogP contribution in [0.1, 0.15) is 399 Å². The first kappa shape index (κ1) is 72.9. The fourth-order valence-electron chi connectivity index (χ4n) is 11.2. The van der Waals surface area contributed by atoms with Gasteiger partial charge in [0.15, 0.2) is 0 Å². The van der Waals surface area contributed by atoms with Crippen molar-refractivity contribution in [2.75, 3.05) is 13.2 Å². The first-order chi connectivity index (χ1) is 36.5. The number of nitrogens with one attached hydrogen (secondary N) is 1. The van der Waals surface area contributed by atoms with Crippen LogP contribution in [-0.2, 0) is 14.3 Å². The molecule has 74 heavy (non-hydrogen) atoms. The highest BCUT2D eigenvalue weighted by Gasteiger charge is 2.20. The van der Waals surface area contributed by atoms with Gasteiger partial charge in [-0.25, -0.2) is 0 Å². The molecule has 0 aliphatic heterocycles. The van der Waals surface area contributed by atoms with E-state index in [0.717, 1.165) is 38.5 Å². The number of esters is 1. The minimum Gasteiger partial charge on any atom is -0.466 e. The molecular weight excluding hydrogens is 911 g/mol. The normalized spacial score (nSPS) is 12.4. The maximum atomic E-state index is 12.5. The molecule has 0 aliphatic carbocycles. The number of carbonyl (C=O) groups excluding carboxylic acids is 2. The first-order valence-corrected chi connectivity index (χ1v) is 34.3. The summed E-state index contributed by atoms with van der Waals surface area (Å²) in [5, 5.41) is 23.4.